The monoisotopic (exact) mass is 309 g/mol. The van der Waals surface area contributed by atoms with Crippen LogP contribution in [0.5, 0.6) is 0 Å². The summed E-state index contributed by atoms with van der Waals surface area (Å²) in [5.41, 5.74) is 1.01. The lowest BCUT2D eigenvalue weighted by molar-refractivity contribution is -0.113. The molecule has 0 unspecified atom stereocenters. The number of hydrogen-bond donors (Lipinski definition) is 2. The SMILES string of the molecule is Cc1csc(NC(=O)CSc2cc(C(=O)O)ccn2)n1. The van der Waals surface area contributed by atoms with Crippen LogP contribution in [0.3, 0.4) is 0 Å². The molecule has 6 nitrogen and oxygen atoms in total. The second-order valence-corrected chi connectivity index (χ2v) is 5.67. The van der Waals surface area contributed by atoms with Crippen molar-refractivity contribution in [1.29, 1.82) is 0 Å². The lowest BCUT2D eigenvalue weighted by atomic mass is 10.3. The number of aromatic nitrogens is 2. The van der Waals surface area contributed by atoms with Gasteiger partial charge in [0.25, 0.3) is 0 Å². The zero-order chi connectivity index (χ0) is 14.5. The maximum atomic E-state index is 11.7. The molecule has 2 aromatic heterocycles. The van der Waals surface area contributed by atoms with Crippen LogP contribution in [-0.2, 0) is 4.79 Å². The van der Waals surface area contributed by atoms with Gasteiger partial charge in [-0.1, -0.05) is 11.8 Å². The van der Waals surface area contributed by atoms with Gasteiger partial charge >= 0.3 is 5.97 Å². The van der Waals surface area contributed by atoms with E-state index in [4.69, 9.17) is 5.11 Å². The Morgan fingerprint density at radius 1 is 1.50 bits per heavy atom. The summed E-state index contributed by atoms with van der Waals surface area (Å²) < 4.78 is 0. The van der Waals surface area contributed by atoms with Gasteiger partial charge in [-0.05, 0) is 19.1 Å². The van der Waals surface area contributed by atoms with E-state index in [1.807, 2.05) is 12.3 Å². The van der Waals surface area contributed by atoms with Crippen molar-refractivity contribution in [2.45, 2.75) is 11.9 Å². The van der Waals surface area contributed by atoms with Gasteiger partial charge in [0.15, 0.2) is 5.13 Å². The first-order chi connectivity index (χ1) is 9.54. The minimum atomic E-state index is -1.02. The van der Waals surface area contributed by atoms with Crippen LogP contribution in [0.2, 0.25) is 0 Å². The summed E-state index contributed by atoms with van der Waals surface area (Å²) in [5, 5.41) is 14.4. The summed E-state index contributed by atoms with van der Waals surface area (Å²) >= 11 is 2.54. The molecule has 2 N–H and O–H groups in total. The van der Waals surface area contributed by atoms with Crippen LogP contribution in [0.25, 0.3) is 0 Å². The van der Waals surface area contributed by atoms with E-state index in [0.717, 1.165) is 5.69 Å². The van der Waals surface area contributed by atoms with Crippen LogP contribution in [0.4, 0.5) is 5.13 Å². The fraction of sp³-hybridized carbons (Fsp3) is 0.167. The van der Waals surface area contributed by atoms with Crippen LogP contribution in [0, 0.1) is 6.92 Å². The number of nitrogens with one attached hydrogen (secondary N) is 1. The highest BCUT2D eigenvalue weighted by Gasteiger charge is 2.09. The molecule has 0 saturated carbocycles. The smallest absolute Gasteiger partial charge is 0.335 e. The van der Waals surface area contributed by atoms with Crippen molar-refractivity contribution < 1.29 is 14.7 Å². The summed E-state index contributed by atoms with van der Waals surface area (Å²) in [6.45, 7) is 1.85. The second kappa shape index (κ2) is 6.49. The minimum Gasteiger partial charge on any atom is -0.478 e. The van der Waals surface area contributed by atoms with E-state index in [9.17, 15) is 9.59 Å². The van der Waals surface area contributed by atoms with Gasteiger partial charge < -0.3 is 10.4 Å². The number of hydrogen-bond acceptors (Lipinski definition) is 6. The van der Waals surface area contributed by atoms with Crippen molar-refractivity contribution in [3.63, 3.8) is 0 Å². The van der Waals surface area contributed by atoms with E-state index >= 15 is 0 Å². The maximum Gasteiger partial charge on any atom is 0.335 e. The van der Waals surface area contributed by atoms with E-state index in [1.54, 1.807) is 0 Å². The fourth-order valence-corrected chi connectivity index (χ4v) is 2.73. The second-order valence-electron chi connectivity index (χ2n) is 3.82. The molecule has 0 atom stereocenters. The topological polar surface area (TPSA) is 92.2 Å². The van der Waals surface area contributed by atoms with Crippen molar-refractivity contribution >= 4 is 40.1 Å². The van der Waals surface area contributed by atoms with Crippen LogP contribution in [0.1, 0.15) is 16.1 Å². The molecule has 0 saturated heterocycles. The number of carbonyl (C=O) groups is 2. The highest BCUT2D eigenvalue weighted by atomic mass is 32.2. The van der Waals surface area contributed by atoms with Crippen molar-refractivity contribution in [2.24, 2.45) is 0 Å². The molecule has 2 rings (SSSR count). The Morgan fingerprint density at radius 2 is 2.30 bits per heavy atom. The molecule has 1 amide bonds. The van der Waals surface area contributed by atoms with Gasteiger partial charge in [0.2, 0.25) is 5.91 Å². The van der Waals surface area contributed by atoms with Gasteiger partial charge in [0.1, 0.15) is 0 Å². The molecule has 0 fully saturated rings. The molecule has 0 aliphatic carbocycles. The molecule has 8 heteroatoms. The number of aryl methyl sites for hydroxylation is 1. The van der Waals surface area contributed by atoms with Crippen molar-refractivity contribution in [3.05, 3.63) is 35.0 Å². The number of rotatable bonds is 5. The number of amides is 1. The molecule has 0 aromatic carbocycles. The average Bonchev–Trinajstić information content (AvgIpc) is 2.82. The standard InChI is InChI=1S/C12H11N3O3S2/c1-7-5-20-12(14-7)15-9(16)6-19-10-4-8(11(17)18)2-3-13-10/h2-5H,6H2,1H3,(H,17,18)(H,14,15,16). The van der Waals surface area contributed by atoms with Crippen molar-refractivity contribution in [1.82, 2.24) is 9.97 Å². The first-order valence-corrected chi connectivity index (χ1v) is 7.45. The van der Waals surface area contributed by atoms with Gasteiger partial charge in [0.05, 0.1) is 22.0 Å². The molecule has 0 aliphatic heterocycles. The quantitative estimate of drug-likeness (QED) is 0.823. The van der Waals surface area contributed by atoms with E-state index in [2.05, 4.69) is 15.3 Å². The fourth-order valence-electron chi connectivity index (χ4n) is 1.33. The Hall–Kier alpha value is -1.93. The Morgan fingerprint density at radius 3 is 2.95 bits per heavy atom. The van der Waals surface area contributed by atoms with E-state index in [0.29, 0.717) is 10.2 Å². The lowest BCUT2D eigenvalue weighted by Gasteiger charge is -2.02. The number of thioether (sulfide) groups is 1. The molecule has 20 heavy (non-hydrogen) atoms. The van der Waals surface area contributed by atoms with E-state index < -0.39 is 5.97 Å². The largest absolute Gasteiger partial charge is 0.478 e. The summed E-state index contributed by atoms with van der Waals surface area (Å²) in [6.07, 6.45) is 1.41. The average molecular weight is 309 g/mol. The van der Waals surface area contributed by atoms with E-state index in [-0.39, 0.29) is 17.2 Å². The van der Waals surface area contributed by atoms with Crippen LogP contribution in [0.15, 0.2) is 28.7 Å². The number of pyridine rings is 1. The van der Waals surface area contributed by atoms with E-state index in [1.165, 1.54) is 41.4 Å². The predicted octanol–water partition coefficient (Wildman–Crippen LogP) is 2.28. The summed E-state index contributed by atoms with van der Waals surface area (Å²) in [6, 6.07) is 2.85. The van der Waals surface area contributed by atoms with Gasteiger partial charge in [0, 0.05) is 11.6 Å². The highest BCUT2D eigenvalue weighted by molar-refractivity contribution is 7.99. The lowest BCUT2D eigenvalue weighted by Crippen LogP contribution is -2.14. The summed E-state index contributed by atoms with van der Waals surface area (Å²) in [4.78, 5) is 30.7. The van der Waals surface area contributed by atoms with Crippen LogP contribution < -0.4 is 5.32 Å². The summed E-state index contributed by atoms with van der Waals surface area (Å²) in [7, 11) is 0. The number of carboxylic acids is 1. The third kappa shape index (κ3) is 4.04. The number of nitrogens with zero attached hydrogens (tertiary/aromatic N) is 2. The predicted molar refractivity (Wildman–Crippen MR) is 77.4 cm³/mol. The Labute approximate surface area is 123 Å². The van der Waals surface area contributed by atoms with Gasteiger partial charge in [-0.15, -0.1) is 11.3 Å². The maximum absolute atomic E-state index is 11.7. The number of carbonyl (C=O) groups excluding carboxylic acids is 1. The zero-order valence-corrected chi connectivity index (χ0v) is 12.1. The highest BCUT2D eigenvalue weighted by Crippen LogP contribution is 2.18. The molecular formula is C12H11N3O3S2. The molecule has 0 spiro atoms. The molecule has 0 aliphatic rings. The van der Waals surface area contributed by atoms with Gasteiger partial charge in [-0.25, -0.2) is 14.8 Å². The molecular weight excluding hydrogens is 298 g/mol. The first-order valence-electron chi connectivity index (χ1n) is 5.59. The number of thiazole rings is 1. The molecule has 104 valence electrons. The number of anilines is 1. The van der Waals surface area contributed by atoms with Crippen LogP contribution in [-0.4, -0.2) is 32.7 Å². The number of aromatic carboxylic acids is 1. The Kier molecular flexibility index (Phi) is 4.70. The Bertz CT molecular complexity index is 642. The van der Waals surface area contributed by atoms with Crippen molar-refractivity contribution in [2.75, 3.05) is 11.1 Å². The Balaban J connectivity index is 1.90. The van der Waals surface area contributed by atoms with Gasteiger partial charge in [-0.2, -0.15) is 0 Å². The number of carboxylic acid groups (broad SMARTS) is 1. The molecule has 2 heterocycles. The molecule has 0 radical (unpaired) electrons. The molecule has 2 aromatic rings. The van der Waals surface area contributed by atoms with Gasteiger partial charge in [-0.3, -0.25) is 4.79 Å². The molecule has 0 bridgehead atoms. The third-order valence-corrected chi connectivity index (χ3v) is 4.00. The minimum absolute atomic E-state index is 0.148. The zero-order valence-electron chi connectivity index (χ0n) is 10.5. The van der Waals surface area contributed by atoms with Crippen LogP contribution >= 0.6 is 23.1 Å². The van der Waals surface area contributed by atoms with Crippen molar-refractivity contribution in [3.8, 4) is 0 Å². The third-order valence-electron chi connectivity index (χ3n) is 2.20. The summed E-state index contributed by atoms with van der Waals surface area (Å²) in [5.74, 6) is -1.07. The normalized spacial score (nSPS) is 10.2. The first kappa shape index (κ1) is 14.5.